The van der Waals surface area contributed by atoms with Gasteiger partial charge in [-0.3, -0.25) is 0 Å². The Morgan fingerprint density at radius 3 is 2.58 bits per heavy atom. The zero-order chi connectivity index (χ0) is 36.7. The molecule has 0 fully saturated rings. The average molecular weight is 705 g/mol. The summed E-state index contributed by atoms with van der Waals surface area (Å²) in [7, 11) is -0.513. The normalized spacial score (nSPS) is 22.6. The molecule has 1 aromatic carbocycles. The van der Waals surface area contributed by atoms with Crippen LogP contribution in [0.1, 0.15) is 85.1 Å². The lowest BCUT2D eigenvalue weighted by Gasteiger charge is -2.40. The molecule has 0 radical (unpaired) electrons. The van der Waals surface area contributed by atoms with Crippen LogP contribution in [0.5, 0.6) is 5.75 Å². The molecule has 7 atom stereocenters. The van der Waals surface area contributed by atoms with E-state index in [9.17, 15) is 5.11 Å². The van der Waals surface area contributed by atoms with Crippen LogP contribution in [0.15, 0.2) is 84.5 Å². The molecule has 1 N–H and O–H groups in total. The van der Waals surface area contributed by atoms with Gasteiger partial charge in [-0.1, -0.05) is 100 Å². The van der Waals surface area contributed by atoms with Gasteiger partial charge in [-0.15, -0.1) is 12.3 Å². The minimum absolute atomic E-state index is 0.00374. The first kappa shape index (κ1) is 41.7. The lowest BCUT2D eigenvalue weighted by molar-refractivity contribution is -0.0204. The standard InChI is InChI=1S/C43H64O6Si/c1-11-14-38-16-13-17-40(48-38)30-34(4)27-33(3)28-36(44)15-12-18-41(47-31-35-19-21-37(45-8)22-20-35)42(49-50(9,10)43(5,6)7)24-23-39-29-32(2)25-26-46-39/h1,12-13,15-16,19-25,34,36,38-42,44H,3,14,17-18,26-31H2,2,4-10H3/t34-,36?,38+,39+,40-,41-,42?/m0/s1. The number of hydrogen-bond donors (Lipinski definition) is 1. The van der Waals surface area contributed by atoms with E-state index in [-0.39, 0.29) is 35.6 Å². The van der Waals surface area contributed by atoms with Crippen molar-refractivity contribution in [2.45, 2.75) is 141 Å². The van der Waals surface area contributed by atoms with Gasteiger partial charge in [0.1, 0.15) is 5.75 Å². The largest absolute Gasteiger partial charge is 0.497 e. The molecule has 0 saturated heterocycles. The summed E-state index contributed by atoms with van der Waals surface area (Å²) in [5.74, 6) is 3.90. The lowest BCUT2D eigenvalue weighted by atomic mass is 9.91. The highest BCUT2D eigenvalue weighted by Gasteiger charge is 2.40. The van der Waals surface area contributed by atoms with Crippen molar-refractivity contribution >= 4 is 8.32 Å². The van der Waals surface area contributed by atoms with Gasteiger partial charge in [0.25, 0.3) is 0 Å². The second-order valence-electron chi connectivity index (χ2n) is 15.7. The number of benzene rings is 1. The molecule has 2 aliphatic rings. The third-order valence-corrected chi connectivity index (χ3v) is 14.4. The van der Waals surface area contributed by atoms with Crippen molar-refractivity contribution < 1.29 is 28.5 Å². The van der Waals surface area contributed by atoms with Crippen LogP contribution in [0.25, 0.3) is 0 Å². The molecule has 0 aliphatic carbocycles. The van der Waals surface area contributed by atoms with Crippen molar-refractivity contribution in [3.63, 3.8) is 0 Å². The Bertz CT molecular complexity index is 1340. The summed E-state index contributed by atoms with van der Waals surface area (Å²) < 4.78 is 31.3. The number of aliphatic hydroxyl groups is 1. The summed E-state index contributed by atoms with van der Waals surface area (Å²) in [5.41, 5.74) is 3.42. The first-order valence-corrected chi connectivity index (χ1v) is 21.2. The SMILES string of the molecule is C#CC[C@@H]1C=CC[C@@H](C[C@@H](C)CC(=C)CC(O)C=CC[C@H](OCc2ccc(OC)cc2)C(C=C[C@@H]2CC(C)=CCO2)O[Si](C)(C)C(C)(C)C)O1. The van der Waals surface area contributed by atoms with Crippen LogP contribution in [-0.4, -0.2) is 63.8 Å². The number of ether oxygens (including phenoxy) is 4. The second-order valence-corrected chi connectivity index (χ2v) is 20.4. The number of rotatable bonds is 19. The molecule has 0 amide bonds. The van der Waals surface area contributed by atoms with E-state index in [4.69, 9.17) is 29.8 Å². The second kappa shape index (κ2) is 20.4. The maximum atomic E-state index is 11.0. The summed E-state index contributed by atoms with van der Waals surface area (Å²) in [5, 5.41) is 11.1. The molecule has 2 aliphatic heterocycles. The van der Waals surface area contributed by atoms with Gasteiger partial charge in [0, 0.05) is 6.42 Å². The molecular weight excluding hydrogens is 641 g/mol. The molecule has 276 valence electrons. The van der Waals surface area contributed by atoms with E-state index in [1.54, 1.807) is 7.11 Å². The molecule has 0 spiro atoms. The van der Waals surface area contributed by atoms with Gasteiger partial charge < -0.3 is 28.5 Å². The minimum Gasteiger partial charge on any atom is -0.497 e. The topological polar surface area (TPSA) is 66.4 Å². The number of methoxy groups -OCH3 is 1. The van der Waals surface area contributed by atoms with Crippen LogP contribution in [0.3, 0.4) is 0 Å². The minimum atomic E-state index is -2.18. The smallest absolute Gasteiger partial charge is 0.193 e. The highest BCUT2D eigenvalue weighted by Crippen LogP contribution is 2.38. The van der Waals surface area contributed by atoms with E-state index in [0.29, 0.717) is 38.4 Å². The van der Waals surface area contributed by atoms with Crippen molar-refractivity contribution in [1.29, 1.82) is 0 Å². The zero-order valence-electron chi connectivity index (χ0n) is 32.0. The average Bonchev–Trinajstić information content (AvgIpc) is 3.04. The third-order valence-electron chi connectivity index (χ3n) is 9.97. The molecule has 6 nitrogen and oxygen atoms in total. The fourth-order valence-corrected chi connectivity index (χ4v) is 7.33. The molecule has 2 unspecified atom stereocenters. The number of aliphatic hydroxyl groups excluding tert-OH is 1. The van der Waals surface area contributed by atoms with Crippen molar-refractivity contribution in [2.75, 3.05) is 13.7 Å². The molecule has 1 aromatic rings. The lowest BCUT2D eigenvalue weighted by Crippen LogP contribution is -2.47. The highest BCUT2D eigenvalue weighted by molar-refractivity contribution is 6.74. The molecular formula is C43H64O6Si. The predicted octanol–water partition coefficient (Wildman–Crippen LogP) is 9.67. The first-order valence-electron chi connectivity index (χ1n) is 18.3. The van der Waals surface area contributed by atoms with Gasteiger partial charge in [0.15, 0.2) is 8.32 Å². The number of terminal acetylenes is 1. The maximum Gasteiger partial charge on any atom is 0.193 e. The Kier molecular flexibility index (Phi) is 17.0. The van der Waals surface area contributed by atoms with Gasteiger partial charge in [0.2, 0.25) is 0 Å². The van der Waals surface area contributed by atoms with E-state index < -0.39 is 14.4 Å². The van der Waals surface area contributed by atoms with Crippen molar-refractivity contribution in [2.24, 2.45) is 5.92 Å². The zero-order valence-corrected chi connectivity index (χ0v) is 33.0. The highest BCUT2D eigenvalue weighted by atomic mass is 28.4. The molecule has 0 saturated carbocycles. The van der Waals surface area contributed by atoms with Gasteiger partial charge in [-0.05, 0) is 87.2 Å². The van der Waals surface area contributed by atoms with E-state index in [1.165, 1.54) is 5.57 Å². The third kappa shape index (κ3) is 14.5. The van der Waals surface area contributed by atoms with Crippen LogP contribution in [-0.2, 0) is 25.2 Å². The van der Waals surface area contributed by atoms with E-state index in [1.807, 2.05) is 36.4 Å². The predicted molar refractivity (Wildman–Crippen MR) is 209 cm³/mol. The van der Waals surface area contributed by atoms with Gasteiger partial charge in [-0.2, -0.15) is 0 Å². The first-order chi connectivity index (χ1) is 23.7. The van der Waals surface area contributed by atoms with Crippen LogP contribution >= 0.6 is 0 Å². The van der Waals surface area contributed by atoms with Crippen molar-refractivity contribution in [1.82, 2.24) is 0 Å². The summed E-state index contributed by atoms with van der Waals surface area (Å²) in [6.45, 7) is 21.0. The van der Waals surface area contributed by atoms with Crippen LogP contribution in [0.4, 0.5) is 0 Å². The molecule has 7 heteroatoms. The van der Waals surface area contributed by atoms with E-state index >= 15 is 0 Å². The monoisotopic (exact) mass is 704 g/mol. The van der Waals surface area contributed by atoms with Crippen LogP contribution in [0.2, 0.25) is 18.1 Å². The van der Waals surface area contributed by atoms with E-state index in [0.717, 1.165) is 42.6 Å². The Balaban J connectivity index is 1.70. The van der Waals surface area contributed by atoms with Crippen LogP contribution in [0, 0.1) is 18.3 Å². The Hall–Kier alpha value is -2.70. The van der Waals surface area contributed by atoms with Gasteiger partial charge in [0.05, 0.1) is 56.9 Å². The molecule has 0 aromatic heterocycles. The molecule has 3 rings (SSSR count). The maximum absolute atomic E-state index is 11.0. The van der Waals surface area contributed by atoms with Crippen LogP contribution < -0.4 is 4.74 Å². The van der Waals surface area contributed by atoms with Gasteiger partial charge in [-0.25, -0.2) is 0 Å². The fourth-order valence-electron chi connectivity index (χ4n) is 6.06. The summed E-state index contributed by atoms with van der Waals surface area (Å²) >= 11 is 0. The Morgan fingerprint density at radius 1 is 1.18 bits per heavy atom. The Morgan fingerprint density at radius 2 is 1.92 bits per heavy atom. The summed E-state index contributed by atoms with van der Waals surface area (Å²) in [6, 6.07) is 7.96. The molecule has 50 heavy (non-hydrogen) atoms. The Labute approximate surface area is 304 Å². The van der Waals surface area contributed by atoms with Crippen molar-refractivity contribution in [3.8, 4) is 18.1 Å². The summed E-state index contributed by atoms with van der Waals surface area (Å²) in [4.78, 5) is 0. The molecule has 2 heterocycles. The fraction of sp³-hybridized carbons (Fsp3) is 0.581. The van der Waals surface area contributed by atoms with Gasteiger partial charge >= 0.3 is 0 Å². The molecule has 0 bridgehead atoms. The van der Waals surface area contributed by atoms with Crippen molar-refractivity contribution in [3.05, 3.63) is 90.1 Å². The summed E-state index contributed by atoms with van der Waals surface area (Å²) in [6.07, 6.45) is 24.3. The van der Waals surface area contributed by atoms with E-state index in [2.05, 4.69) is 90.6 Å². The quantitative estimate of drug-likeness (QED) is 0.0879. The number of hydrogen-bond acceptors (Lipinski definition) is 6.